The highest BCUT2D eigenvalue weighted by molar-refractivity contribution is 7.15. The summed E-state index contributed by atoms with van der Waals surface area (Å²) in [5, 5.41) is 7.49. The van der Waals surface area contributed by atoms with Gasteiger partial charge in [0.1, 0.15) is 5.82 Å². The largest absolute Gasteiger partial charge is 0.262 e. The van der Waals surface area contributed by atoms with Crippen molar-refractivity contribution in [3.63, 3.8) is 0 Å². The molecule has 3 nitrogen and oxygen atoms in total. The van der Waals surface area contributed by atoms with Gasteiger partial charge in [-0.3, -0.25) is 5.10 Å². The summed E-state index contributed by atoms with van der Waals surface area (Å²) >= 11 is 1.90. The molecule has 0 aromatic carbocycles. The van der Waals surface area contributed by atoms with Gasteiger partial charge < -0.3 is 0 Å². The molecule has 18 heavy (non-hydrogen) atoms. The molecule has 2 aromatic heterocycles. The molecule has 0 radical (unpaired) electrons. The molecule has 2 aromatic rings. The number of nitrogens with one attached hydrogen (secondary N) is 1. The van der Waals surface area contributed by atoms with Crippen molar-refractivity contribution in [3.8, 4) is 10.7 Å². The summed E-state index contributed by atoms with van der Waals surface area (Å²) in [4.78, 5) is 7.48. The highest BCUT2D eigenvalue weighted by Gasteiger charge is 2.27. The maximum Gasteiger partial charge on any atom is 0.191 e. The molecule has 0 atom stereocenters. The second-order valence-electron chi connectivity index (χ2n) is 5.44. The Morgan fingerprint density at radius 3 is 2.94 bits per heavy atom. The minimum absolute atomic E-state index is 0.657. The SMILES string of the molecule is c1c(-c2n[nH]c(C3CC3)n2)sc2c1CCCCC2. The number of hydrogen-bond donors (Lipinski definition) is 1. The number of H-pyrrole nitrogens is 1. The maximum absolute atomic E-state index is 4.65. The van der Waals surface area contributed by atoms with E-state index in [-0.39, 0.29) is 0 Å². The Bertz CT molecular complexity index is 542. The van der Waals surface area contributed by atoms with E-state index in [4.69, 9.17) is 0 Å². The van der Waals surface area contributed by atoms with Crippen molar-refractivity contribution in [1.82, 2.24) is 15.2 Å². The lowest BCUT2D eigenvalue weighted by molar-refractivity contribution is 0.713. The van der Waals surface area contributed by atoms with Crippen molar-refractivity contribution >= 4 is 11.3 Å². The van der Waals surface area contributed by atoms with Crippen LogP contribution >= 0.6 is 11.3 Å². The van der Waals surface area contributed by atoms with Crippen molar-refractivity contribution in [2.24, 2.45) is 0 Å². The third-order valence-corrected chi connectivity index (χ3v) is 5.17. The smallest absolute Gasteiger partial charge is 0.191 e. The third kappa shape index (κ3) is 1.88. The Morgan fingerprint density at radius 2 is 2.06 bits per heavy atom. The quantitative estimate of drug-likeness (QED) is 0.836. The monoisotopic (exact) mass is 259 g/mol. The van der Waals surface area contributed by atoms with Gasteiger partial charge in [0, 0.05) is 10.8 Å². The van der Waals surface area contributed by atoms with Crippen molar-refractivity contribution in [2.75, 3.05) is 0 Å². The van der Waals surface area contributed by atoms with Crippen LogP contribution in [0.3, 0.4) is 0 Å². The average Bonchev–Trinajstić information content (AvgIpc) is 3.05. The molecule has 2 aliphatic carbocycles. The van der Waals surface area contributed by atoms with Crippen LogP contribution in [0, 0.1) is 0 Å². The Morgan fingerprint density at radius 1 is 1.17 bits per heavy atom. The van der Waals surface area contributed by atoms with Crippen LogP contribution in [-0.4, -0.2) is 15.2 Å². The molecular formula is C14H17N3S. The maximum atomic E-state index is 4.65. The predicted octanol–water partition coefficient (Wildman–Crippen LogP) is 3.68. The molecule has 2 heterocycles. The molecule has 4 rings (SSSR count). The first-order valence-corrected chi connectivity index (χ1v) is 7.76. The summed E-state index contributed by atoms with van der Waals surface area (Å²) in [6.07, 6.45) is 9.10. The lowest BCUT2D eigenvalue weighted by Crippen LogP contribution is -1.81. The summed E-state index contributed by atoms with van der Waals surface area (Å²) in [5.74, 6) is 2.66. The predicted molar refractivity (Wildman–Crippen MR) is 72.9 cm³/mol. The van der Waals surface area contributed by atoms with Crippen LogP contribution in [0.5, 0.6) is 0 Å². The number of fused-ring (bicyclic) bond motifs is 1. The minimum Gasteiger partial charge on any atom is -0.262 e. The molecular weight excluding hydrogens is 242 g/mol. The molecule has 0 amide bonds. The van der Waals surface area contributed by atoms with E-state index in [1.165, 1.54) is 49.8 Å². The molecule has 0 unspecified atom stereocenters. The van der Waals surface area contributed by atoms with Crippen molar-refractivity contribution < 1.29 is 0 Å². The zero-order valence-corrected chi connectivity index (χ0v) is 11.2. The fraction of sp³-hybridized carbons (Fsp3) is 0.571. The van der Waals surface area contributed by atoms with Gasteiger partial charge >= 0.3 is 0 Å². The summed E-state index contributed by atoms with van der Waals surface area (Å²) in [6.45, 7) is 0. The molecule has 0 saturated heterocycles. The highest BCUT2D eigenvalue weighted by Crippen LogP contribution is 2.39. The minimum atomic E-state index is 0.657. The Kier molecular flexibility index (Phi) is 2.50. The number of nitrogens with zero attached hydrogens (tertiary/aromatic N) is 2. The van der Waals surface area contributed by atoms with Crippen molar-refractivity contribution in [2.45, 2.75) is 50.9 Å². The van der Waals surface area contributed by atoms with Gasteiger partial charge in [0.2, 0.25) is 0 Å². The van der Waals surface area contributed by atoms with E-state index < -0.39 is 0 Å². The Labute approximate surface area is 111 Å². The first-order valence-electron chi connectivity index (χ1n) is 6.94. The molecule has 1 fully saturated rings. The normalized spacial score (nSPS) is 19.6. The number of aryl methyl sites for hydroxylation is 2. The van der Waals surface area contributed by atoms with Gasteiger partial charge in [-0.2, -0.15) is 5.10 Å². The first-order chi connectivity index (χ1) is 8.90. The molecule has 1 saturated carbocycles. The molecule has 0 aliphatic heterocycles. The lowest BCUT2D eigenvalue weighted by Gasteiger charge is -1.92. The van der Waals surface area contributed by atoms with Gasteiger partial charge in [-0.15, -0.1) is 11.3 Å². The fourth-order valence-corrected chi connectivity index (χ4v) is 3.89. The Hall–Kier alpha value is -1.16. The number of thiophene rings is 1. The van der Waals surface area contributed by atoms with Crippen LogP contribution in [0.25, 0.3) is 10.7 Å². The Balaban J connectivity index is 1.66. The molecule has 94 valence electrons. The topological polar surface area (TPSA) is 41.6 Å². The van der Waals surface area contributed by atoms with Gasteiger partial charge in [-0.1, -0.05) is 6.42 Å². The average molecular weight is 259 g/mol. The van der Waals surface area contributed by atoms with Gasteiger partial charge in [0.25, 0.3) is 0 Å². The van der Waals surface area contributed by atoms with Crippen LogP contribution in [0.4, 0.5) is 0 Å². The second-order valence-corrected chi connectivity index (χ2v) is 6.58. The van der Waals surface area contributed by atoms with Gasteiger partial charge in [0.05, 0.1) is 4.88 Å². The molecule has 0 bridgehead atoms. The van der Waals surface area contributed by atoms with Gasteiger partial charge in [-0.05, 0) is 50.2 Å². The van der Waals surface area contributed by atoms with E-state index in [0.29, 0.717) is 5.92 Å². The molecule has 4 heteroatoms. The van der Waals surface area contributed by atoms with Crippen LogP contribution < -0.4 is 0 Å². The van der Waals surface area contributed by atoms with E-state index in [1.54, 1.807) is 10.4 Å². The number of rotatable bonds is 2. The standard InChI is InChI=1S/C14H17N3S/c1-2-4-10-8-12(18-11(10)5-3-1)14-15-13(16-17-14)9-6-7-9/h8-9H,1-7H2,(H,15,16,17). The summed E-state index contributed by atoms with van der Waals surface area (Å²) in [7, 11) is 0. The van der Waals surface area contributed by atoms with E-state index in [9.17, 15) is 0 Å². The summed E-state index contributed by atoms with van der Waals surface area (Å²) < 4.78 is 0. The lowest BCUT2D eigenvalue weighted by atomic mass is 10.1. The molecule has 1 N–H and O–H groups in total. The van der Waals surface area contributed by atoms with Gasteiger partial charge in [0.15, 0.2) is 5.82 Å². The summed E-state index contributed by atoms with van der Waals surface area (Å²) in [5.41, 5.74) is 1.55. The zero-order valence-electron chi connectivity index (χ0n) is 10.4. The van der Waals surface area contributed by atoms with E-state index >= 15 is 0 Å². The fourth-order valence-electron chi connectivity index (χ4n) is 2.70. The molecule has 0 spiro atoms. The van der Waals surface area contributed by atoms with Crippen molar-refractivity contribution in [1.29, 1.82) is 0 Å². The number of aromatic nitrogens is 3. The number of aromatic amines is 1. The third-order valence-electron chi connectivity index (χ3n) is 3.93. The highest BCUT2D eigenvalue weighted by atomic mass is 32.1. The van der Waals surface area contributed by atoms with E-state index in [0.717, 1.165) is 11.6 Å². The van der Waals surface area contributed by atoms with Crippen LogP contribution in [-0.2, 0) is 12.8 Å². The number of hydrogen-bond acceptors (Lipinski definition) is 3. The summed E-state index contributed by atoms with van der Waals surface area (Å²) in [6, 6.07) is 2.32. The van der Waals surface area contributed by atoms with E-state index in [2.05, 4.69) is 21.2 Å². The van der Waals surface area contributed by atoms with Crippen molar-refractivity contribution in [3.05, 3.63) is 22.3 Å². The van der Waals surface area contributed by atoms with Crippen LogP contribution in [0.15, 0.2) is 6.07 Å². The zero-order chi connectivity index (χ0) is 11.9. The van der Waals surface area contributed by atoms with Crippen LogP contribution in [0.1, 0.15) is 54.3 Å². The first kappa shape index (κ1) is 10.7. The van der Waals surface area contributed by atoms with Gasteiger partial charge in [-0.25, -0.2) is 4.98 Å². The van der Waals surface area contributed by atoms with E-state index in [1.807, 2.05) is 11.3 Å². The second kappa shape index (κ2) is 4.19. The van der Waals surface area contributed by atoms with Crippen LogP contribution in [0.2, 0.25) is 0 Å². The molecule has 2 aliphatic rings.